The van der Waals surface area contributed by atoms with Crippen molar-refractivity contribution in [1.29, 1.82) is 0 Å². The van der Waals surface area contributed by atoms with E-state index in [1.165, 1.54) is 6.92 Å². The lowest BCUT2D eigenvalue weighted by atomic mass is 10.2. The van der Waals surface area contributed by atoms with Gasteiger partial charge < -0.3 is 20.7 Å². The molecule has 0 aliphatic carbocycles. The molecule has 0 aromatic heterocycles. The molecule has 0 saturated heterocycles. The fraction of sp³-hybridized carbons (Fsp3) is 0.733. The largest absolute Gasteiger partial charge is 0.356 e. The van der Waals surface area contributed by atoms with Crippen LogP contribution in [0.2, 0.25) is 0 Å². The third-order valence-electron chi connectivity index (χ3n) is 3.00. The Balaban J connectivity index is 3.40. The molecule has 0 spiro atoms. The van der Waals surface area contributed by atoms with E-state index in [0.29, 0.717) is 30.5 Å². The van der Waals surface area contributed by atoms with Crippen LogP contribution in [0.5, 0.6) is 0 Å². The number of ketones is 1. The average Bonchev–Trinajstić information content (AvgIpc) is 2.52. The summed E-state index contributed by atoms with van der Waals surface area (Å²) in [4.78, 5) is 44.6. The SMILES string of the molecule is CC(=O)CCC(=O)NCCCCCC(=O)NCCNC(=O)CI. The van der Waals surface area contributed by atoms with Crippen LogP contribution in [0.15, 0.2) is 0 Å². The van der Waals surface area contributed by atoms with Crippen molar-refractivity contribution in [3.63, 3.8) is 0 Å². The molecule has 8 heteroatoms. The molecule has 0 fully saturated rings. The quantitative estimate of drug-likeness (QED) is 0.223. The van der Waals surface area contributed by atoms with Gasteiger partial charge in [-0.15, -0.1) is 0 Å². The van der Waals surface area contributed by atoms with Crippen molar-refractivity contribution in [1.82, 2.24) is 16.0 Å². The predicted octanol–water partition coefficient (Wildman–Crippen LogP) is 0.700. The second kappa shape index (κ2) is 14.4. The summed E-state index contributed by atoms with van der Waals surface area (Å²) in [5.41, 5.74) is 0. The minimum Gasteiger partial charge on any atom is -0.356 e. The van der Waals surface area contributed by atoms with Crippen LogP contribution < -0.4 is 16.0 Å². The molecule has 0 heterocycles. The molecule has 0 bridgehead atoms. The standard InChI is InChI=1S/C15H26IN3O4/c1-12(20)6-7-14(22)17-8-4-2-3-5-13(21)18-9-10-19-15(23)11-16/h2-11H2,1H3,(H,17,22)(H,18,21)(H,19,23). The number of halogens is 1. The van der Waals surface area contributed by atoms with Crippen LogP contribution >= 0.6 is 22.6 Å². The van der Waals surface area contributed by atoms with Gasteiger partial charge in [0.15, 0.2) is 0 Å². The van der Waals surface area contributed by atoms with E-state index in [1.54, 1.807) is 0 Å². The molecule has 0 aromatic rings. The highest BCUT2D eigenvalue weighted by atomic mass is 127. The van der Waals surface area contributed by atoms with E-state index in [0.717, 1.165) is 19.3 Å². The van der Waals surface area contributed by atoms with Crippen molar-refractivity contribution >= 4 is 46.1 Å². The van der Waals surface area contributed by atoms with E-state index in [-0.39, 0.29) is 36.3 Å². The minimum absolute atomic E-state index is 0.0139. The number of nitrogens with one attached hydrogen (secondary N) is 3. The van der Waals surface area contributed by atoms with Gasteiger partial charge in [-0.2, -0.15) is 0 Å². The first-order valence-electron chi connectivity index (χ1n) is 7.81. The van der Waals surface area contributed by atoms with Gasteiger partial charge in [0.2, 0.25) is 17.7 Å². The van der Waals surface area contributed by atoms with Gasteiger partial charge in [0, 0.05) is 38.9 Å². The van der Waals surface area contributed by atoms with Crippen LogP contribution in [0.25, 0.3) is 0 Å². The maximum Gasteiger partial charge on any atom is 0.229 e. The number of hydrogen-bond donors (Lipinski definition) is 3. The maximum absolute atomic E-state index is 11.5. The number of carbonyl (C=O) groups excluding carboxylic acids is 4. The van der Waals surface area contributed by atoms with Crippen LogP contribution in [0.4, 0.5) is 0 Å². The lowest BCUT2D eigenvalue weighted by Crippen LogP contribution is -2.35. The topological polar surface area (TPSA) is 104 Å². The zero-order chi connectivity index (χ0) is 17.5. The normalized spacial score (nSPS) is 10.0. The Bertz CT molecular complexity index is 402. The van der Waals surface area contributed by atoms with Gasteiger partial charge >= 0.3 is 0 Å². The molecule has 0 rings (SSSR count). The van der Waals surface area contributed by atoms with Crippen molar-refractivity contribution in [3.8, 4) is 0 Å². The van der Waals surface area contributed by atoms with Gasteiger partial charge in [-0.3, -0.25) is 14.4 Å². The second-order valence-electron chi connectivity index (χ2n) is 5.20. The summed E-state index contributed by atoms with van der Waals surface area (Å²) in [6.07, 6.45) is 3.39. The molecule has 0 aromatic carbocycles. The Kier molecular flexibility index (Phi) is 13.7. The fourth-order valence-electron chi connectivity index (χ4n) is 1.73. The van der Waals surface area contributed by atoms with E-state index in [2.05, 4.69) is 16.0 Å². The Morgan fingerprint density at radius 2 is 1.26 bits per heavy atom. The molecule has 0 aliphatic heterocycles. The number of carbonyl (C=O) groups is 4. The lowest BCUT2D eigenvalue weighted by Gasteiger charge is -2.07. The molecule has 0 unspecified atom stereocenters. The first kappa shape index (κ1) is 21.8. The second-order valence-corrected chi connectivity index (χ2v) is 5.96. The van der Waals surface area contributed by atoms with Crippen molar-refractivity contribution < 1.29 is 19.2 Å². The molecule has 3 N–H and O–H groups in total. The summed E-state index contributed by atoms with van der Waals surface area (Å²) in [7, 11) is 0. The molecule has 7 nitrogen and oxygen atoms in total. The summed E-state index contributed by atoms with van der Waals surface area (Å²) in [6, 6.07) is 0. The van der Waals surface area contributed by atoms with Crippen molar-refractivity contribution in [3.05, 3.63) is 0 Å². The summed E-state index contributed by atoms with van der Waals surface area (Å²) >= 11 is 1.98. The smallest absolute Gasteiger partial charge is 0.229 e. The predicted molar refractivity (Wildman–Crippen MR) is 96.3 cm³/mol. The van der Waals surface area contributed by atoms with Crippen LogP contribution in [0.3, 0.4) is 0 Å². The average molecular weight is 439 g/mol. The fourth-order valence-corrected chi connectivity index (χ4v) is 2.00. The van der Waals surface area contributed by atoms with Crippen molar-refractivity contribution in [2.24, 2.45) is 0 Å². The number of rotatable bonds is 13. The molecule has 0 saturated carbocycles. The van der Waals surface area contributed by atoms with Gasteiger partial charge in [-0.1, -0.05) is 29.0 Å². The summed E-state index contributed by atoms with van der Waals surface area (Å²) in [5.74, 6) is -0.157. The number of hydrogen-bond acceptors (Lipinski definition) is 4. The molecule has 3 amide bonds. The lowest BCUT2D eigenvalue weighted by molar-refractivity contribution is -0.124. The highest BCUT2D eigenvalue weighted by Gasteiger charge is 2.04. The number of unbranched alkanes of at least 4 members (excludes halogenated alkanes) is 2. The van der Waals surface area contributed by atoms with Crippen LogP contribution in [0, 0.1) is 0 Å². The van der Waals surface area contributed by atoms with Crippen molar-refractivity contribution in [2.75, 3.05) is 24.1 Å². The third kappa shape index (κ3) is 15.5. The maximum atomic E-state index is 11.5. The zero-order valence-electron chi connectivity index (χ0n) is 13.6. The van der Waals surface area contributed by atoms with Crippen LogP contribution in [-0.4, -0.2) is 47.6 Å². The van der Waals surface area contributed by atoms with E-state index < -0.39 is 0 Å². The molecular weight excluding hydrogens is 413 g/mol. The zero-order valence-corrected chi connectivity index (χ0v) is 15.7. The van der Waals surface area contributed by atoms with E-state index >= 15 is 0 Å². The molecule has 132 valence electrons. The molecular formula is C15H26IN3O4. The molecule has 0 aliphatic rings. The first-order valence-corrected chi connectivity index (χ1v) is 9.33. The molecule has 0 radical (unpaired) electrons. The van der Waals surface area contributed by atoms with Crippen LogP contribution in [-0.2, 0) is 19.2 Å². The van der Waals surface area contributed by atoms with Gasteiger partial charge in [-0.25, -0.2) is 0 Å². The Morgan fingerprint density at radius 3 is 1.87 bits per heavy atom. The monoisotopic (exact) mass is 439 g/mol. The Morgan fingerprint density at radius 1 is 0.696 bits per heavy atom. The highest BCUT2D eigenvalue weighted by Crippen LogP contribution is 1.99. The Labute approximate surface area is 150 Å². The van der Waals surface area contributed by atoms with Gasteiger partial charge in [0.05, 0.1) is 4.43 Å². The third-order valence-corrected chi connectivity index (χ3v) is 3.69. The number of Topliss-reactive ketones (excluding diaryl/α,β-unsaturated/α-hetero) is 1. The summed E-state index contributed by atoms with van der Waals surface area (Å²) in [5, 5.41) is 8.17. The van der Waals surface area contributed by atoms with Gasteiger partial charge in [0.1, 0.15) is 5.78 Å². The van der Waals surface area contributed by atoms with Gasteiger partial charge in [0.25, 0.3) is 0 Å². The van der Waals surface area contributed by atoms with E-state index in [4.69, 9.17) is 0 Å². The molecule has 23 heavy (non-hydrogen) atoms. The van der Waals surface area contributed by atoms with E-state index in [9.17, 15) is 19.2 Å². The van der Waals surface area contributed by atoms with Crippen LogP contribution in [0.1, 0.15) is 45.4 Å². The number of amides is 3. The van der Waals surface area contributed by atoms with Crippen molar-refractivity contribution in [2.45, 2.75) is 45.4 Å². The molecule has 0 atom stereocenters. The Hall–Kier alpha value is -1.19. The minimum atomic E-state index is -0.105. The van der Waals surface area contributed by atoms with E-state index in [1.807, 2.05) is 22.6 Å². The summed E-state index contributed by atoms with van der Waals surface area (Å²) in [6.45, 7) is 2.92. The highest BCUT2D eigenvalue weighted by molar-refractivity contribution is 14.1. The first-order chi connectivity index (χ1) is 11.0. The number of alkyl halides is 1. The summed E-state index contributed by atoms with van der Waals surface area (Å²) < 4.78 is 0.414. The van der Waals surface area contributed by atoms with Gasteiger partial charge in [-0.05, 0) is 19.8 Å².